The summed E-state index contributed by atoms with van der Waals surface area (Å²) in [6, 6.07) is 11.4. The van der Waals surface area contributed by atoms with Crippen LogP contribution in [0.5, 0.6) is 0 Å². The summed E-state index contributed by atoms with van der Waals surface area (Å²) >= 11 is 0. The Kier molecular flexibility index (Phi) is 6.51. The molecule has 3 aromatic rings. The second-order valence-corrected chi connectivity index (χ2v) is 6.83. The fraction of sp³-hybridized carbons (Fsp3) is 0.286. The van der Waals surface area contributed by atoms with E-state index in [-0.39, 0.29) is 23.2 Å². The number of hydrogen-bond acceptors (Lipinski definition) is 6. The maximum atomic E-state index is 13.5. The largest absolute Gasteiger partial charge is 0.339 e. The van der Waals surface area contributed by atoms with E-state index in [1.54, 1.807) is 23.1 Å². The van der Waals surface area contributed by atoms with Gasteiger partial charge < -0.3 is 9.42 Å². The normalized spacial score (nSPS) is 11.8. The highest BCUT2D eigenvalue weighted by Gasteiger charge is 2.22. The third-order valence-corrected chi connectivity index (χ3v) is 4.83. The zero-order valence-corrected chi connectivity index (χ0v) is 16.6. The molecule has 156 valence electrons. The molecular formula is C21H21FN4O4. The SMILES string of the molecule is CCC(C)N(CCc1nc(-c2ccc([N+](=O)[O-])cc2)no1)C(=O)c1cccc(F)c1. The Labute approximate surface area is 172 Å². The zero-order chi connectivity index (χ0) is 21.7. The minimum absolute atomic E-state index is 0.0254. The summed E-state index contributed by atoms with van der Waals surface area (Å²) in [5, 5.41) is 14.7. The second kappa shape index (κ2) is 9.25. The van der Waals surface area contributed by atoms with E-state index in [4.69, 9.17) is 4.52 Å². The van der Waals surface area contributed by atoms with E-state index in [9.17, 15) is 19.3 Å². The molecule has 0 aliphatic rings. The summed E-state index contributed by atoms with van der Waals surface area (Å²) in [4.78, 5) is 29.1. The summed E-state index contributed by atoms with van der Waals surface area (Å²) in [5.41, 5.74) is 0.847. The highest BCUT2D eigenvalue weighted by atomic mass is 19.1. The van der Waals surface area contributed by atoms with Gasteiger partial charge in [0, 0.05) is 42.3 Å². The fourth-order valence-electron chi connectivity index (χ4n) is 2.95. The number of hydrogen-bond donors (Lipinski definition) is 0. The van der Waals surface area contributed by atoms with Crippen LogP contribution in [0.15, 0.2) is 53.1 Å². The standard InChI is InChI=1S/C21H21FN4O4/c1-3-14(2)25(21(27)16-5-4-6-17(22)13-16)12-11-19-23-20(24-30-19)15-7-9-18(10-8-15)26(28)29/h4-10,13-14H,3,11-12H2,1-2H3. The Balaban J connectivity index is 1.71. The minimum atomic E-state index is -0.482. The molecular weight excluding hydrogens is 391 g/mol. The van der Waals surface area contributed by atoms with Gasteiger partial charge in [-0.2, -0.15) is 4.98 Å². The predicted octanol–water partition coefficient (Wildman–Crippen LogP) is 4.27. The lowest BCUT2D eigenvalue weighted by molar-refractivity contribution is -0.384. The highest BCUT2D eigenvalue weighted by Crippen LogP contribution is 2.20. The summed E-state index contributed by atoms with van der Waals surface area (Å²) in [6.07, 6.45) is 1.06. The van der Waals surface area contributed by atoms with E-state index in [1.165, 1.54) is 30.3 Å². The van der Waals surface area contributed by atoms with Crippen molar-refractivity contribution < 1.29 is 18.6 Å². The van der Waals surface area contributed by atoms with Crippen LogP contribution in [0.2, 0.25) is 0 Å². The van der Waals surface area contributed by atoms with E-state index < -0.39 is 10.7 Å². The van der Waals surface area contributed by atoms with Gasteiger partial charge in [0.25, 0.3) is 11.6 Å². The van der Waals surface area contributed by atoms with Crippen LogP contribution in [-0.2, 0) is 6.42 Å². The molecule has 1 unspecified atom stereocenters. The smallest absolute Gasteiger partial charge is 0.269 e. The van der Waals surface area contributed by atoms with Gasteiger partial charge in [-0.05, 0) is 43.7 Å². The summed E-state index contributed by atoms with van der Waals surface area (Å²) in [6.45, 7) is 4.22. The molecule has 9 heteroatoms. The van der Waals surface area contributed by atoms with Crippen LogP contribution in [0.25, 0.3) is 11.4 Å². The minimum Gasteiger partial charge on any atom is -0.339 e. The second-order valence-electron chi connectivity index (χ2n) is 6.83. The zero-order valence-electron chi connectivity index (χ0n) is 16.6. The molecule has 8 nitrogen and oxygen atoms in total. The van der Waals surface area contributed by atoms with E-state index in [2.05, 4.69) is 10.1 Å². The third-order valence-electron chi connectivity index (χ3n) is 4.83. The van der Waals surface area contributed by atoms with E-state index in [1.807, 2.05) is 13.8 Å². The van der Waals surface area contributed by atoms with Crippen LogP contribution in [0.1, 0.15) is 36.5 Å². The molecule has 0 saturated carbocycles. The van der Waals surface area contributed by atoms with Crippen molar-refractivity contribution in [2.24, 2.45) is 0 Å². The Hall–Kier alpha value is -3.62. The lowest BCUT2D eigenvalue weighted by atomic mass is 10.1. The van der Waals surface area contributed by atoms with Crippen molar-refractivity contribution in [2.75, 3.05) is 6.54 Å². The molecule has 1 heterocycles. The molecule has 0 aliphatic carbocycles. The molecule has 1 aromatic heterocycles. The number of nitro groups is 1. The van der Waals surface area contributed by atoms with Crippen molar-refractivity contribution in [3.63, 3.8) is 0 Å². The number of carbonyl (C=O) groups is 1. The molecule has 0 aliphatic heterocycles. The summed E-state index contributed by atoms with van der Waals surface area (Å²) in [5.74, 6) is -0.0799. The van der Waals surface area contributed by atoms with Gasteiger partial charge in [-0.3, -0.25) is 14.9 Å². The maximum Gasteiger partial charge on any atom is 0.269 e. The average molecular weight is 412 g/mol. The average Bonchev–Trinajstić information content (AvgIpc) is 3.22. The first-order chi connectivity index (χ1) is 14.4. The number of rotatable bonds is 8. The van der Waals surface area contributed by atoms with E-state index in [0.717, 1.165) is 6.42 Å². The molecule has 1 atom stereocenters. The van der Waals surface area contributed by atoms with Gasteiger partial charge in [0.2, 0.25) is 11.7 Å². The lowest BCUT2D eigenvalue weighted by Gasteiger charge is -2.28. The molecule has 3 rings (SSSR count). The molecule has 0 bridgehead atoms. The first kappa shape index (κ1) is 21.1. The van der Waals surface area contributed by atoms with Gasteiger partial charge in [-0.1, -0.05) is 18.1 Å². The Morgan fingerprint density at radius 2 is 2.00 bits per heavy atom. The highest BCUT2D eigenvalue weighted by molar-refractivity contribution is 5.94. The number of amides is 1. The predicted molar refractivity (Wildman–Crippen MR) is 107 cm³/mol. The number of non-ortho nitro benzene ring substituents is 1. The van der Waals surface area contributed by atoms with Crippen LogP contribution in [0, 0.1) is 15.9 Å². The van der Waals surface area contributed by atoms with Gasteiger partial charge in [-0.15, -0.1) is 0 Å². The van der Waals surface area contributed by atoms with Crippen LogP contribution >= 0.6 is 0 Å². The van der Waals surface area contributed by atoms with Crippen molar-refractivity contribution in [3.05, 3.63) is 75.9 Å². The van der Waals surface area contributed by atoms with Gasteiger partial charge >= 0.3 is 0 Å². The number of aromatic nitrogens is 2. The van der Waals surface area contributed by atoms with Gasteiger partial charge in [0.15, 0.2) is 0 Å². The van der Waals surface area contributed by atoms with Crippen LogP contribution < -0.4 is 0 Å². The topological polar surface area (TPSA) is 102 Å². The number of nitro benzene ring substituents is 1. The van der Waals surface area contributed by atoms with Gasteiger partial charge in [0.1, 0.15) is 5.82 Å². The lowest BCUT2D eigenvalue weighted by Crippen LogP contribution is -2.39. The Morgan fingerprint density at radius 3 is 2.63 bits per heavy atom. The Bertz CT molecular complexity index is 1040. The molecule has 0 N–H and O–H groups in total. The molecule has 2 aromatic carbocycles. The van der Waals surface area contributed by atoms with Crippen molar-refractivity contribution in [1.29, 1.82) is 0 Å². The quantitative estimate of drug-likeness (QED) is 0.404. The monoisotopic (exact) mass is 412 g/mol. The third kappa shape index (κ3) is 4.86. The van der Waals surface area contributed by atoms with E-state index in [0.29, 0.717) is 30.2 Å². The summed E-state index contributed by atoms with van der Waals surface area (Å²) in [7, 11) is 0. The van der Waals surface area contributed by atoms with E-state index >= 15 is 0 Å². The molecule has 0 fully saturated rings. The number of halogens is 1. The Morgan fingerprint density at radius 1 is 1.27 bits per heavy atom. The van der Waals surface area contributed by atoms with Crippen molar-refractivity contribution in [3.8, 4) is 11.4 Å². The molecule has 0 spiro atoms. The molecule has 0 radical (unpaired) electrons. The van der Waals surface area contributed by atoms with Crippen LogP contribution in [0.4, 0.5) is 10.1 Å². The molecule has 0 saturated heterocycles. The number of benzene rings is 2. The van der Waals surface area contributed by atoms with Gasteiger partial charge in [-0.25, -0.2) is 4.39 Å². The fourth-order valence-corrected chi connectivity index (χ4v) is 2.95. The van der Waals surface area contributed by atoms with Crippen molar-refractivity contribution in [1.82, 2.24) is 15.0 Å². The number of carbonyl (C=O) groups excluding carboxylic acids is 1. The molecule has 1 amide bonds. The van der Waals surface area contributed by atoms with Crippen LogP contribution in [-0.4, -0.2) is 38.5 Å². The van der Waals surface area contributed by atoms with Crippen molar-refractivity contribution in [2.45, 2.75) is 32.7 Å². The first-order valence-corrected chi connectivity index (χ1v) is 9.53. The van der Waals surface area contributed by atoms with Crippen molar-refractivity contribution >= 4 is 11.6 Å². The molecule has 30 heavy (non-hydrogen) atoms. The van der Waals surface area contributed by atoms with Gasteiger partial charge in [0.05, 0.1) is 4.92 Å². The summed E-state index contributed by atoms with van der Waals surface area (Å²) < 4.78 is 18.8. The van der Waals surface area contributed by atoms with Crippen LogP contribution in [0.3, 0.4) is 0 Å². The first-order valence-electron chi connectivity index (χ1n) is 9.53. The number of nitrogens with zero attached hydrogens (tertiary/aromatic N) is 4. The maximum absolute atomic E-state index is 13.5.